The number of hydrogen-bond acceptors (Lipinski definition) is 3. The number of rotatable bonds is 3. The summed E-state index contributed by atoms with van der Waals surface area (Å²) in [5, 5.41) is 10.4. The van der Waals surface area contributed by atoms with Crippen LogP contribution in [-0.4, -0.2) is 21.9 Å². The minimum atomic E-state index is -0.151. The number of anilines is 1. The van der Waals surface area contributed by atoms with Gasteiger partial charge >= 0.3 is 0 Å². The van der Waals surface area contributed by atoms with E-state index in [1.165, 1.54) is 6.92 Å². The number of nitrogens with one attached hydrogen (secondary N) is 2. The van der Waals surface area contributed by atoms with Gasteiger partial charge in [-0.25, -0.2) is 0 Å². The molecule has 1 aromatic heterocycles. The van der Waals surface area contributed by atoms with Crippen LogP contribution in [0.25, 0.3) is 10.9 Å². The number of carbonyl (C=O) groups excluding carboxylic acids is 2. The van der Waals surface area contributed by atoms with Crippen LogP contribution in [0.5, 0.6) is 0 Å². The van der Waals surface area contributed by atoms with Crippen LogP contribution in [0.2, 0.25) is 0 Å². The predicted molar refractivity (Wildman–Crippen MR) is 80.3 cm³/mol. The van der Waals surface area contributed by atoms with Crippen molar-refractivity contribution in [3.63, 3.8) is 0 Å². The third-order valence-corrected chi connectivity index (χ3v) is 3.15. The molecule has 3 rings (SSSR count). The summed E-state index contributed by atoms with van der Waals surface area (Å²) in [5.74, 6) is -0.297. The molecule has 0 saturated heterocycles. The van der Waals surface area contributed by atoms with Crippen molar-refractivity contribution in [3.05, 3.63) is 59.8 Å². The van der Waals surface area contributed by atoms with Crippen molar-refractivity contribution in [1.29, 1.82) is 0 Å². The van der Waals surface area contributed by atoms with Gasteiger partial charge in [0.05, 0.1) is 5.52 Å². The minimum Gasteiger partial charge on any atom is -0.326 e. The van der Waals surface area contributed by atoms with Gasteiger partial charge in [0.25, 0.3) is 0 Å². The maximum absolute atomic E-state index is 12.5. The van der Waals surface area contributed by atoms with Gasteiger partial charge in [0.15, 0.2) is 0 Å². The number of carbonyl (C=O) groups is 2. The molecule has 21 heavy (non-hydrogen) atoms. The number of hydrogen-bond donors (Lipinski definition) is 2. The second-order valence-corrected chi connectivity index (χ2v) is 4.71. The number of benzene rings is 2. The lowest BCUT2D eigenvalue weighted by atomic mass is 10.1. The smallest absolute Gasteiger partial charge is 0.221 e. The predicted octanol–water partition coefficient (Wildman–Crippen LogP) is 2.75. The Hall–Kier alpha value is -2.95. The van der Waals surface area contributed by atoms with E-state index in [1.54, 1.807) is 24.3 Å². The molecule has 1 amide bonds. The van der Waals surface area contributed by atoms with Crippen molar-refractivity contribution >= 4 is 28.3 Å². The van der Waals surface area contributed by atoms with Crippen LogP contribution >= 0.6 is 0 Å². The first-order chi connectivity index (χ1) is 10.1. The summed E-state index contributed by atoms with van der Waals surface area (Å²) in [4.78, 5) is 23.5. The molecule has 1 heterocycles. The Labute approximate surface area is 121 Å². The van der Waals surface area contributed by atoms with E-state index in [2.05, 4.69) is 15.5 Å². The van der Waals surface area contributed by atoms with Crippen LogP contribution in [0, 0.1) is 0 Å². The molecule has 0 radical (unpaired) electrons. The molecular formula is C16H13N3O2. The first-order valence-corrected chi connectivity index (χ1v) is 6.50. The van der Waals surface area contributed by atoms with Crippen molar-refractivity contribution in [3.8, 4) is 0 Å². The highest BCUT2D eigenvalue weighted by Crippen LogP contribution is 2.19. The molecule has 5 heteroatoms. The Bertz CT molecular complexity index is 819. The van der Waals surface area contributed by atoms with Gasteiger partial charge in [0, 0.05) is 23.6 Å². The fraction of sp³-hybridized carbons (Fsp3) is 0.0625. The van der Waals surface area contributed by atoms with Gasteiger partial charge in [-0.1, -0.05) is 18.2 Å². The molecule has 0 bridgehead atoms. The SMILES string of the molecule is CC(=O)Nc1ccc(C(=O)c2n[nH]c3ccccc23)cc1. The van der Waals surface area contributed by atoms with Gasteiger partial charge in [-0.2, -0.15) is 5.10 Å². The van der Waals surface area contributed by atoms with Crippen molar-refractivity contribution in [1.82, 2.24) is 10.2 Å². The highest BCUT2D eigenvalue weighted by molar-refractivity contribution is 6.14. The van der Waals surface area contributed by atoms with E-state index < -0.39 is 0 Å². The highest BCUT2D eigenvalue weighted by Gasteiger charge is 2.15. The van der Waals surface area contributed by atoms with Crippen molar-refractivity contribution in [2.45, 2.75) is 6.92 Å². The number of fused-ring (bicyclic) bond motifs is 1. The number of ketones is 1. The molecular weight excluding hydrogens is 266 g/mol. The van der Waals surface area contributed by atoms with Gasteiger partial charge < -0.3 is 5.32 Å². The summed E-state index contributed by atoms with van der Waals surface area (Å²) in [6.07, 6.45) is 0. The Morgan fingerprint density at radius 1 is 1.05 bits per heavy atom. The first kappa shape index (κ1) is 13.1. The zero-order valence-electron chi connectivity index (χ0n) is 11.4. The molecule has 0 atom stereocenters. The van der Waals surface area contributed by atoms with Crippen LogP contribution in [0.15, 0.2) is 48.5 Å². The van der Waals surface area contributed by atoms with Crippen molar-refractivity contribution in [2.24, 2.45) is 0 Å². The molecule has 0 aliphatic carbocycles. The quantitative estimate of drug-likeness (QED) is 0.724. The summed E-state index contributed by atoms with van der Waals surface area (Å²) in [7, 11) is 0. The van der Waals surface area contributed by atoms with Gasteiger partial charge in [-0.05, 0) is 30.3 Å². The fourth-order valence-electron chi connectivity index (χ4n) is 2.18. The van der Waals surface area contributed by atoms with E-state index in [1.807, 2.05) is 24.3 Å². The van der Waals surface area contributed by atoms with Gasteiger partial charge in [0.2, 0.25) is 11.7 Å². The molecule has 3 aromatic rings. The van der Waals surface area contributed by atoms with E-state index in [-0.39, 0.29) is 11.7 Å². The molecule has 2 N–H and O–H groups in total. The van der Waals surface area contributed by atoms with Crippen LogP contribution < -0.4 is 5.32 Å². The van der Waals surface area contributed by atoms with Crippen LogP contribution in [-0.2, 0) is 4.79 Å². The molecule has 2 aromatic carbocycles. The van der Waals surface area contributed by atoms with Crippen LogP contribution in [0.4, 0.5) is 5.69 Å². The second kappa shape index (κ2) is 5.20. The molecule has 5 nitrogen and oxygen atoms in total. The lowest BCUT2D eigenvalue weighted by Gasteiger charge is -2.03. The number of aromatic amines is 1. The zero-order chi connectivity index (χ0) is 14.8. The van der Waals surface area contributed by atoms with E-state index in [0.29, 0.717) is 16.9 Å². The lowest BCUT2D eigenvalue weighted by Crippen LogP contribution is -2.07. The molecule has 0 fully saturated rings. The number of amides is 1. The van der Waals surface area contributed by atoms with Crippen LogP contribution in [0.1, 0.15) is 23.0 Å². The topological polar surface area (TPSA) is 74.8 Å². The fourth-order valence-corrected chi connectivity index (χ4v) is 2.18. The number of aromatic nitrogens is 2. The van der Waals surface area contributed by atoms with Crippen molar-refractivity contribution < 1.29 is 9.59 Å². The largest absolute Gasteiger partial charge is 0.326 e. The maximum Gasteiger partial charge on any atom is 0.221 e. The Morgan fingerprint density at radius 2 is 1.76 bits per heavy atom. The lowest BCUT2D eigenvalue weighted by molar-refractivity contribution is -0.114. The third kappa shape index (κ3) is 2.53. The molecule has 104 valence electrons. The summed E-state index contributed by atoms with van der Waals surface area (Å²) < 4.78 is 0. The standard InChI is InChI=1S/C16H13N3O2/c1-10(20)17-12-8-6-11(7-9-12)16(21)15-13-4-2-3-5-14(13)18-19-15/h2-9H,1H3,(H,17,20)(H,18,19). The molecule has 0 aliphatic heterocycles. The minimum absolute atomic E-state index is 0.146. The van der Waals surface area contributed by atoms with E-state index >= 15 is 0 Å². The van der Waals surface area contributed by atoms with Gasteiger partial charge in [0.1, 0.15) is 5.69 Å². The van der Waals surface area contributed by atoms with E-state index in [4.69, 9.17) is 0 Å². The van der Waals surface area contributed by atoms with E-state index in [9.17, 15) is 9.59 Å². The highest BCUT2D eigenvalue weighted by atomic mass is 16.1. The summed E-state index contributed by atoms with van der Waals surface area (Å²) in [6, 6.07) is 14.2. The second-order valence-electron chi connectivity index (χ2n) is 4.71. The normalized spacial score (nSPS) is 10.5. The Morgan fingerprint density at radius 3 is 2.48 bits per heavy atom. The molecule has 0 saturated carbocycles. The van der Waals surface area contributed by atoms with Gasteiger partial charge in [-0.3, -0.25) is 14.7 Å². The average molecular weight is 279 g/mol. The summed E-state index contributed by atoms with van der Waals surface area (Å²) in [6.45, 7) is 1.44. The Balaban J connectivity index is 1.93. The number of nitrogens with zero attached hydrogens (tertiary/aromatic N) is 1. The summed E-state index contributed by atoms with van der Waals surface area (Å²) >= 11 is 0. The van der Waals surface area contributed by atoms with Crippen molar-refractivity contribution in [2.75, 3.05) is 5.32 Å². The first-order valence-electron chi connectivity index (χ1n) is 6.50. The van der Waals surface area contributed by atoms with Crippen LogP contribution in [0.3, 0.4) is 0 Å². The number of para-hydroxylation sites is 1. The summed E-state index contributed by atoms with van der Waals surface area (Å²) in [5.41, 5.74) is 2.42. The molecule has 0 aliphatic rings. The monoisotopic (exact) mass is 279 g/mol. The maximum atomic E-state index is 12.5. The Kier molecular flexibility index (Phi) is 3.23. The van der Waals surface area contributed by atoms with E-state index in [0.717, 1.165) is 10.9 Å². The number of H-pyrrole nitrogens is 1. The average Bonchev–Trinajstić information content (AvgIpc) is 2.90. The van der Waals surface area contributed by atoms with Gasteiger partial charge in [-0.15, -0.1) is 0 Å². The molecule has 0 unspecified atom stereocenters. The molecule has 0 spiro atoms. The zero-order valence-corrected chi connectivity index (χ0v) is 11.4. The third-order valence-electron chi connectivity index (χ3n) is 3.15.